The van der Waals surface area contributed by atoms with Crippen LogP contribution in [0.1, 0.15) is 10.4 Å². The number of fused-ring (bicyclic) bond motifs is 1. The molecule has 0 N–H and O–H groups in total. The molecule has 3 aromatic carbocycles. The normalized spacial score (nSPS) is 14.6. The van der Waals surface area contributed by atoms with Crippen molar-refractivity contribution in [1.29, 1.82) is 0 Å². The molecule has 0 amide bonds. The molecular weight excluding hydrogens is 445 g/mol. The van der Waals surface area contributed by atoms with Gasteiger partial charge in [0.25, 0.3) is 0 Å². The largest absolute Gasteiger partial charge is 0.497 e. The second-order valence-corrected chi connectivity index (χ2v) is 9.19. The van der Waals surface area contributed by atoms with E-state index in [0.29, 0.717) is 27.2 Å². The monoisotopic (exact) mass is 459 g/mol. The number of nitrogens with zero attached hydrogens (tertiary/aromatic N) is 1. The third-order valence-electron chi connectivity index (χ3n) is 4.71. The van der Waals surface area contributed by atoms with Crippen LogP contribution in [-0.4, -0.2) is 21.3 Å². The molecule has 8 heteroatoms. The first-order chi connectivity index (χ1) is 14.3. The van der Waals surface area contributed by atoms with Crippen LogP contribution in [0.3, 0.4) is 0 Å². The zero-order chi connectivity index (χ0) is 21.5. The molecule has 1 aliphatic heterocycles. The fraction of sp³-hybridized carbons (Fsp3) is 0.0455. The van der Waals surface area contributed by atoms with E-state index in [4.69, 9.17) is 27.9 Å². The van der Waals surface area contributed by atoms with Gasteiger partial charge < -0.3 is 9.64 Å². The van der Waals surface area contributed by atoms with Gasteiger partial charge in [0.2, 0.25) is 15.6 Å². The minimum absolute atomic E-state index is 0.0374. The standard InChI is InChI=1S/C22H15Cl2NO4S/c1-29-16-9-6-14(7-10-16)22(26)21-13-25(15-8-11-17(23)18(24)12-15)19-4-2-3-5-20(19)30(21,27)28/h2-13H,1H3. The van der Waals surface area contributed by atoms with Crippen molar-refractivity contribution >= 4 is 50.2 Å². The average molecular weight is 460 g/mol. The predicted molar refractivity (Wildman–Crippen MR) is 118 cm³/mol. The Hall–Kier alpha value is -2.80. The van der Waals surface area contributed by atoms with E-state index in [9.17, 15) is 13.2 Å². The van der Waals surface area contributed by atoms with Crippen molar-refractivity contribution in [2.45, 2.75) is 4.90 Å². The van der Waals surface area contributed by atoms with Crippen LogP contribution in [0.25, 0.3) is 0 Å². The number of halogens is 2. The molecule has 0 bridgehead atoms. The number of ketones is 1. The summed E-state index contributed by atoms with van der Waals surface area (Å²) in [4.78, 5) is 14.5. The fourth-order valence-electron chi connectivity index (χ4n) is 3.17. The molecule has 0 fully saturated rings. The summed E-state index contributed by atoms with van der Waals surface area (Å²) < 4.78 is 31.6. The Balaban J connectivity index is 1.89. The molecule has 0 aromatic heterocycles. The molecule has 3 aromatic rings. The maximum atomic E-state index is 13.3. The number of ether oxygens (including phenoxy) is 1. The SMILES string of the molecule is COc1ccc(C(=O)C2=CN(c3ccc(Cl)c(Cl)c3)c3ccccc3S2(=O)=O)cc1. The van der Waals surface area contributed by atoms with Gasteiger partial charge in [-0.05, 0) is 54.6 Å². The third-order valence-corrected chi connectivity index (χ3v) is 7.24. The molecule has 0 radical (unpaired) electrons. The molecule has 0 spiro atoms. The fourth-order valence-corrected chi connectivity index (χ4v) is 5.01. The summed E-state index contributed by atoms with van der Waals surface area (Å²) >= 11 is 12.2. The molecular formula is C22H15Cl2NO4S. The number of benzene rings is 3. The number of hydrogen-bond acceptors (Lipinski definition) is 5. The predicted octanol–water partition coefficient (Wildman–Crippen LogP) is 5.65. The van der Waals surface area contributed by atoms with Gasteiger partial charge in [0.15, 0.2) is 0 Å². The number of anilines is 2. The smallest absolute Gasteiger partial charge is 0.214 e. The summed E-state index contributed by atoms with van der Waals surface area (Å²) in [6.45, 7) is 0. The van der Waals surface area contributed by atoms with E-state index in [-0.39, 0.29) is 15.4 Å². The van der Waals surface area contributed by atoms with E-state index in [2.05, 4.69) is 0 Å². The number of rotatable bonds is 4. The van der Waals surface area contributed by atoms with Crippen LogP contribution in [0.2, 0.25) is 10.0 Å². The number of sulfone groups is 1. The molecule has 0 saturated heterocycles. The highest BCUT2D eigenvalue weighted by molar-refractivity contribution is 7.96. The summed E-state index contributed by atoms with van der Waals surface area (Å²) in [5.74, 6) is -0.0491. The van der Waals surface area contributed by atoms with E-state index < -0.39 is 15.6 Å². The van der Waals surface area contributed by atoms with Gasteiger partial charge in [0.1, 0.15) is 10.7 Å². The number of para-hydroxylation sites is 1. The molecule has 152 valence electrons. The van der Waals surface area contributed by atoms with Crippen LogP contribution < -0.4 is 9.64 Å². The zero-order valence-corrected chi connectivity index (χ0v) is 18.0. The van der Waals surface area contributed by atoms with E-state index in [1.54, 1.807) is 53.4 Å². The minimum Gasteiger partial charge on any atom is -0.497 e. The van der Waals surface area contributed by atoms with E-state index in [1.807, 2.05) is 0 Å². The van der Waals surface area contributed by atoms with Crippen molar-refractivity contribution in [2.75, 3.05) is 12.0 Å². The minimum atomic E-state index is -4.03. The summed E-state index contributed by atoms with van der Waals surface area (Å²) in [7, 11) is -2.51. The number of allylic oxidation sites excluding steroid dienone is 1. The first-order valence-corrected chi connectivity index (χ1v) is 11.1. The van der Waals surface area contributed by atoms with Crippen LogP contribution >= 0.6 is 23.2 Å². The molecule has 0 unspecified atom stereocenters. The molecule has 1 aliphatic rings. The molecule has 30 heavy (non-hydrogen) atoms. The van der Waals surface area contributed by atoms with Gasteiger partial charge >= 0.3 is 0 Å². The molecule has 0 atom stereocenters. The van der Waals surface area contributed by atoms with E-state index >= 15 is 0 Å². The first-order valence-electron chi connectivity index (χ1n) is 8.82. The first kappa shape index (κ1) is 20.5. The zero-order valence-electron chi connectivity index (χ0n) is 15.7. The lowest BCUT2D eigenvalue weighted by atomic mass is 10.1. The Morgan fingerprint density at radius 1 is 0.933 bits per heavy atom. The lowest BCUT2D eigenvalue weighted by Crippen LogP contribution is -2.25. The average Bonchev–Trinajstić information content (AvgIpc) is 2.76. The van der Waals surface area contributed by atoms with Gasteiger partial charge in [-0.3, -0.25) is 4.79 Å². The van der Waals surface area contributed by atoms with Gasteiger partial charge in [0, 0.05) is 17.5 Å². The maximum Gasteiger partial charge on any atom is 0.214 e. The summed E-state index contributed by atoms with van der Waals surface area (Å²) in [5, 5.41) is 0.688. The van der Waals surface area contributed by atoms with Crippen molar-refractivity contribution in [3.05, 3.63) is 93.4 Å². The van der Waals surface area contributed by atoms with Crippen LogP contribution in [0, 0.1) is 0 Å². The number of methoxy groups -OCH3 is 1. The number of Topliss-reactive ketones (excluding diaryl/α,β-unsaturated/α-hetero) is 1. The van der Waals surface area contributed by atoms with Crippen LogP contribution in [0.5, 0.6) is 5.75 Å². The van der Waals surface area contributed by atoms with Gasteiger partial charge in [-0.2, -0.15) is 0 Å². The van der Waals surface area contributed by atoms with Crippen molar-refractivity contribution in [2.24, 2.45) is 0 Å². The van der Waals surface area contributed by atoms with Gasteiger partial charge in [-0.25, -0.2) is 8.42 Å². The van der Waals surface area contributed by atoms with Crippen molar-refractivity contribution in [3.8, 4) is 5.75 Å². The quantitative estimate of drug-likeness (QED) is 0.471. The second-order valence-electron chi connectivity index (χ2n) is 6.49. The van der Waals surface area contributed by atoms with Crippen molar-refractivity contribution in [1.82, 2.24) is 0 Å². The highest BCUT2D eigenvalue weighted by Gasteiger charge is 2.36. The highest BCUT2D eigenvalue weighted by Crippen LogP contribution is 2.41. The Bertz CT molecular complexity index is 1280. The third kappa shape index (κ3) is 3.47. The Kier molecular flexibility index (Phi) is 5.32. The Morgan fingerprint density at radius 3 is 2.30 bits per heavy atom. The summed E-state index contributed by atoms with van der Waals surface area (Å²) in [6.07, 6.45) is 1.32. The molecule has 0 aliphatic carbocycles. The highest BCUT2D eigenvalue weighted by atomic mass is 35.5. The second kappa shape index (κ2) is 7.80. The van der Waals surface area contributed by atoms with Crippen LogP contribution in [-0.2, 0) is 9.84 Å². The number of hydrogen-bond donors (Lipinski definition) is 0. The lowest BCUT2D eigenvalue weighted by molar-refractivity contribution is 0.104. The van der Waals surface area contributed by atoms with Gasteiger partial charge in [-0.15, -0.1) is 0 Å². The molecule has 0 saturated carbocycles. The van der Waals surface area contributed by atoms with Crippen LogP contribution in [0.15, 0.2) is 82.7 Å². The Labute approximate surface area is 184 Å². The van der Waals surface area contributed by atoms with E-state index in [1.165, 1.54) is 31.5 Å². The topological polar surface area (TPSA) is 63.7 Å². The lowest BCUT2D eigenvalue weighted by Gasteiger charge is -2.29. The van der Waals surface area contributed by atoms with Crippen molar-refractivity contribution in [3.63, 3.8) is 0 Å². The summed E-state index contributed by atoms with van der Waals surface area (Å²) in [6, 6.07) is 17.7. The Morgan fingerprint density at radius 2 is 1.63 bits per heavy atom. The maximum absolute atomic E-state index is 13.3. The van der Waals surface area contributed by atoms with Gasteiger partial charge in [-0.1, -0.05) is 35.3 Å². The molecule has 4 rings (SSSR count). The summed E-state index contributed by atoms with van der Waals surface area (Å²) in [5.41, 5.74) is 1.23. The number of carbonyl (C=O) groups is 1. The van der Waals surface area contributed by atoms with E-state index in [0.717, 1.165) is 0 Å². The molecule has 5 nitrogen and oxygen atoms in total. The van der Waals surface area contributed by atoms with Crippen molar-refractivity contribution < 1.29 is 17.9 Å². The molecule has 1 heterocycles. The van der Waals surface area contributed by atoms with Crippen LogP contribution in [0.4, 0.5) is 11.4 Å². The number of carbonyl (C=O) groups excluding carboxylic acids is 1. The van der Waals surface area contributed by atoms with Gasteiger partial charge in [0.05, 0.1) is 27.7 Å².